The first-order valence-electron chi connectivity index (χ1n) is 14.7. The Balaban J connectivity index is 2.06. The molecule has 8 nitrogen and oxygen atoms in total. The second-order valence-electron chi connectivity index (χ2n) is 15.2. The molecule has 1 aromatic carbocycles. The van der Waals surface area contributed by atoms with Crippen LogP contribution in [0.15, 0.2) is 35.3 Å². The summed E-state index contributed by atoms with van der Waals surface area (Å²) >= 11 is 1.24. The third-order valence-electron chi connectivity index (χ3n) is 8.59. The predicted molar refractivity (Wildman–Crippen MR) is 174 cm³/mol. The molecule has 1 fully saturated rings. The van der Waals surface area contributed by atoms with Gasteiger partial charge in [0.15, 0.2) is 27.8 Å². The molecule has 0 radical (unpaired) electrons. The van der Waals surface area contributed by atoms with Crippen LogP contribution in [0.2, 0.25) is 36.3 Å². The molecular weight excluding hydrogens is 587 g/mol. The van der Waals surface area contributed by atoms with Crippen molar-refractivity contribution in [3.63, 3.8) is 0 Å². The highest BCUT2D eigenvalue weighted by molar-refractivity contribution is 8.16. The number of thioether (sulfide) groups is 1. The van der Waals surface area contributed by atoms with Crippen molar-refractivity contribution in [2.75, 3.05) is 6.61 Å². The van der Waals surface area contributed by atoms with Gasteiger partial charge in [-0.1, -0.05) is 71.5 Å². The largest absolute Gasteiger partial charge is 0.455 e. The first-order valence-corrected chi connectivity index (χ1v) is 21.4. The Morgan fingerprint density at radius 1 is 0.857 bits per heavy atom. The number of hydrogen-bond donors (Lipinski definition) is 0. The van der Waals surface area contributed by atoms with Gasteiger partial charge in [-0.05, 0) is 69.2 Å². The Hall–Kier alpha value is -1.51. The number of carbonyl (C=O) groups excluding carboxylic acids is 2. The van der Waals surface area contributed by atoms with E-state index in [-0.39, 0.29) is 21.7 Å². The fourth-order valence-corrected chi connectivity index (χ4v) is 7.44. The number of ether oxygens (including phenoxy) is 3. The van der Waals surface area contributed by atoms with Gasteiger partial charge in [-0.2, -0.15) is 0 Å². The standard InChI is InChI=1S/C31H51NO7SSi2/c1-29(2,3)38-27(34)25-32-22-24(39-42(12,13)31(7,8)9)23(37-26(33)20-17-15-14-16-18-20)21(36-28(22)40-25)19-35-41(10,11)30(4,5)6/h14-18,21-24,28H,19H2,1-13H3/t21-,22-,23-,24-,28-/m1/s1. The molecule has 2 aliphatic heterocycles. The minimum Gasteiger partial charge on any atom is -0.455 e. The number of hydrogen-bond acceptors (Lipinski definition) is 9. The van der Waals surface area contributed by atoms with Crippen molar-refractivity contribution in [2.24, 2.45) is 4.99 Å². The Kier molecular flexibility index (Phi) is 10.4. The molecule has 0 N–H and O–H groups in total. The topological polar surface area (TPSA) is 92.7 Å². The summed E-state index contributed by atoms with van der Waals surface area (Å²) < 4.78 is 32.2. The van der Waals surface area contributed by atoms with Crippen LogP contribution in [-0.4, -0.2) is 75.6 Å². The molecule has 0 amide bonds. The molecule has 42 heavy (non-hydrogen) atoms. The van der Waals surface area contributed by atoms with Gasteiger partial charge in [-0.15, -0.1) is 0 Å². The number of nitrogens with zero attached hydrogens (tertiary/aromatic N) is 1. The average Bonchev–Trinajstić information content (AvgIpc) is 3.26. The molecule has 2 aliphatic rings. The van der Waals surface area contributed by atoms with Crippen molar-refractivity contribution in [3.8, 4) is 0 Å². The van der Waals surface area contributed by atoms with E-state index < -0.39 is 64.0 Å². The van der Waals surface area contributed by atoms with E-state index in [1.165, 1.54) is 11.8 Å². The molecular formula is C31H51NO7SSi2. The zero-order valence-corrected chi connectivity index (χ0v) is 30.5. The highest BCUT2D eigenvalue weighted by Gasteiger charge is 2.56. The Labute approximate surface area is 258 Å². The van der Waals surface area contributed by atoms with Crippen LogP contribution >= 0.6 is 11.8 Å². The van der Waals surface area contributed by atoms with Gasteiger partial charge < -0.3 is 23.1 Å². The summed E-state index contributed by atoms with van der Waals surface area (Å²) in [6, 6.07) is 8.35. The van der Waals surface area contributed by atoms with Gasteiger partial charge in [-0.25, -0.2) is 9.59 Å². The summed E-state index contributed by atoms with van der Waals surface area (Å²) in [6.07, 6.45) is -2.07. The summed E-state index contributed by atoms with van der Waals surface area (Å²) in [5.74, 6) is -0.964. The van der Waals surface area contributed by atoms with Crippen LogP contribution in [0.5, 0.6) is 0 Å². The van der Waals surface area contributed by atoms with Crippen LogP contribution in [0.3, 0.4) is 0 Å². The van der Waals surface area contributed by atoms with E-state index in [1.54, 1.807) is 24.3 Å². The Bertz CT molecular complexity index is 1150. The lowest BCUT2D eigenvalue weighted by atomic mass is 9.98. The van der Waals surface area contributed by atoms with Crippen LogP contribution < -0.4 is 0 Å². The van der Waals surface area contributed by atoms with Crippen LogP contribution in [0.4, 0.5) is 0 Å². The molecule has 1 saturated heterocycles. The van der Waals surface area contributed by atoms with E-state index in [2.05, 4.69) is 67.7 Å². The lowest BCUT2D eigenvalue weighted by Crippen LogP contribution is -2.62. The third-order valence-corrected chi connectivity index (χ3v) is 18.7. The second kappa shape index (κ2) is 12.5. The number of esters is 2. The first-order chi connectivity index (χ1) is 19.0. The summed E-state index contributed by atoms with van der Waals surface area (Å²) in [6.45, 7) is 27.4. The van der Waals surface area contributed by atoms with E-state index in [9.17, 15) is 9.59 Å². The maximum Gasteiger partial charge on any atom is 0.363 e. The van der Waals surface area contributed by atoms with Crippen LogP contribution in [0.1, 0.15) is 72.7 Å². The Morgan fingerprint density at radius 3 is 1.95 bits per heavy atom. The molecule has 0 aromatic heterocycles. The van der Waals surface area contributed by atoms with E-state index in [0.29, 0.717) is 5.56 Å². The summed E-state index contributed by atoms with van der Waals surface area (Å²) in [7, 11) is -4.58. The predicted octanol–water partition coefficient (Wildman–Crippen LogP) is 7.20. The van der Waals surface area contributed by atoms with Gasteiger partial charge in [0.05, 0.1) is 12.2 Å². The molecule has 0 aliphatic carbocycles. The van der Waals surface area contributed by atoms with E-state index in [1.807, 2.05) is 26.8 Å². The van der Waals surface area contributed by atoms with Gasteiger partial charge in [0.2, 0.25) is 0 Å². The van der Waals surface area contributed by atoms with E-state index in [4.69, 9.17) is 28.1 Å². The molecule has 0 bridgehead atoms. The highest BCUT2D eigenvalue weighted by Crippen LogP contribution is 2.45. The van der Waals surface area contributed by atoms with Crippen molar-refractivity contribution in [1.82, 2.24) is 0 Å². The molecule has 236 valence electrons. The number of carbonyl (C=O) groups is 2. The SMILES string of the molecule is CC(C)(C)OC(=O)C1=N[C@@H]2[C@@H](O[Si](C)(C)C(C)(C)C)[C@H](OC(=O)c3ccccc3)[C@@H](CO[Si](C)(C)C(C)(C)C)O[C@@H]2S1. The maximum absolute atomic E-state index is 13.5. The summed E-state index contributed by atoms with van der Waals surface area (Å²) in [4.78, 5) is 31.4. The van der Waals surface area contributed by atoms with Gasteiger partial charge >= 0.3 is 11.9 Å². The van der Waals surface area contributed by atoms with Crippen LogP contribution in [0.25, 0.3) is 0 Å². The molecule has 11 heteroatoms. The average molecular weight is 638 g/mol. The highest BCUT2D eigenvalue weighted by atomic mass is 32.2. The smallest absolute Gasteiger partial charge is 0.363 e. The molecule has 0 unspecified atom stereocenters. The normalized spacial score (nSPS) is 25.5. The number of fused-ring (bicyclic) bond motifs is 1. The van der Waals surface area contributed by atoms with Crippen molar-refractivity contribution in [2.45, 2.75) is 134 Å². The summed E-state index contributed by atoms with van der Waals surface area (Å²) in [5.41, 5.74) is -0.741. The Morgan fingerprint density at radius 2 is 1.43 bits per heavy atom. The number of rotatable bonds is 8. The lowest BCUT2D eigenvalue weighted by Gasteiger charge is -2.48. The van der Waals surface area contributed by atoms with Crippen molar-refractivity contribution >= 4 is 45.4 Å². The molecule has 0 saturated carbocycles. The van der Waals surface area contributed by atoms with Crippen molar-refractivity contribution < 1.29 is 32.7 Å². The fourth-order valence-electron chi connectivity index (χ4n) is 4.02. The van der Waals surface area contributed by atoms with Crippen LogP contribution in [0, 0.1) is 0 Å². The lowest BCUT2D eigenvalue weighted by molar-refractivity contribution is -0.161. The van der Waals surface area contributed by atoms with Crippen molar-refractivity contribution in [1.29, 1.82) is 0 Å². The van der Waals surface area contributed by atoms with Gasteiger partial charge in [0.1, 0.15) is 29.3 Å². The zero-order chi connectivity index (χ0) is 31.9. The van der Waals surface area contributed by atoms with Gasteiger partial charge in [0.25, 0.3) is 0 Å². The van der Waals surface area contributed by atoms with Gasteiger partial charge in [0, 0.05) is 0 Å². The molecule has 0 spiro atoms. The monoisotopic (exact) mass is 637 g/mol. The first kappa shape index (κ1) is 35.0. The minimum absolute atomic E-state index is 0.0213. The molecule has 3 rings (SSSR count). The second-order valence-corrected chi connectivity index (χ2v) is 25.9. The van der Waals surface area contributed by atoms with E-state index >= 15 is 0 Å². The van der Waals surface area contributed by atoms with Crippen LogP contribution in [-0.2, 0) is 27.9 Å². The number of benzene rings is 1. The van der Waals surface area contributed by atoms with E-state index in [0.717, 1.165) is 0 Å². The molecule has 1 aromatic rings. The molecule has 2 heterocycles. The third kappa shape index (κ3) is 8.35. The van der Waals surface area contributed by atoms with Gasteiger partial charge in [-0.3, -0.25) is 4.99 Å². The minimum atomic E-state index is -2.40. The zero-order valence-electron chi connectivity index (χ0n) is 27.7. The summed E-state index contributed by atoms with van der Waals surface area (Å²) in [5, 5.41) is 0.0978. The molecule has 5 atom stereocenters. The number of aliphatic imine (C=N–C) groups is 1. The maximum atomic E-state index is 13.5. The quantitative estimate of drug-likeness (QED) is 0.218. The van der Waals surface area contributed by atoms with Crippen molar-refractivity contribution in [3.05, 3.63) is 35.9 Å². The fraction of sp³-hybridized carbons (Fsp3) is 0.710.